The summed E-state index contributed by atoms with van der Waals surface area (Å²) in [4.78, 5) is 11.7. The predicted octanol–water partition coefficient (Wildman–Crippen LogP) is 11.1. The van der Waals surface area contributed by atoms with E-state index in [0.29, 0.717) is 5.75 Å². The summed E-state index contributed by atoms with van der Waals surface area (Å²) in [5.41, 5.74) is 2.95. The third-order valence-electron chi connectivity index (χ3n) is 7.31. The first-order chi connectivity index (χ1) is 19.1. The van der Waals surface area contributed by atoms with E-state index in [1.807, 2.05) is 38.1 Å². The van der Waals surface area contributed by atoms with E-state index in [1.165, 1.54) is 95.5 Å². The maximum absolute atomic E-state index is 11.7. The van der Waals surface area contributed by atoms with Crippen molar-refractivity contribution in [1.82, 2.24) is 0 Å². The second-order valence-electron chi connectivity index (χ2n) is 10.7. The van der Waals surface area contributed by atoms with Crippen molar-refractivity contribution in [3.05, 3.63) is 54.1 Å². The molecule has 0 saturated carbocycles. The van der Waals surface area contributed by atoms with Crippen LogP contribution in [0.15, 0.2) is 58.8 Å². The number of azo groups is 1. The minimum atomic E-state index is -0.242. The Morgan fingerprint density at radius 1 is 0.667 bits per heavy atom. The van der Waals surface area contributed by atoms with Crippen molar-refractivity contribution < 1.29 is 14.3 Å². The molecule has 216 valence electrons. The minimum absolute atomic E-state index is 0.0876. The van der Waals surface area contributed by atoms with Gasteiger partial charge in [-0.15, -0.1) is 0 Å². The van der Waals surface area contributed by atoms with E-state index in [0.717, 1.165) is 24.2 Å². The molecule has 1 unspecified atom stereocenters. The highest BCUT2D eigenvalue weighted by Gasteiger charge is 2.11. The van der Waals surface area contributed by atoms with Crippen LogP contribution >= 0.6 is 0 Å². The third-order valence-corrected chi connectivity index (χ3v) is 7.31. The van der Waals surface area contributed by atoms with Gasteiger partial charge in [-0.3, -0.25) is 4.79 Å². The first-order valence-corrected chi connectivity index (χ1v) is 15.5. The minimum Gasteiger partial charge on any atom is -0.457 e. The summed E-state index contributed by atoms with van der Waals surface area (Å²) in [7, 11) is 0. The van der Waals surface area contributed by atoms with E-state index in [1.54, 1.807) is 12.1 Å². The first-order valence-electron chi connectivity index (χ1n) is 15.5. The molecular formula is C34H52N2O3. The fourth-order valence-electron chi connectivity index (χ4n) is 4.44. The number of benzene rings is 2. The highest BCUT2D eigenvalue weighted by molar-refractivity contribution is 5.71. The second-order valence-corrected chi connectivity index (χ2v) is 10.7. The molecule has 0 heterocycles. The van der Waals surface area contributed by atoms with Crippen LogP contribution in [0, 0.1) is 5.92 Å². The third kappa shape index (κ3) is 15.5. The summed E-state index contributed by atoms with van der Waals surface area (Å²) >= 11 is 0. The van der Waals surface area contributed by atoms with Crippen molar-refractivity contribution in [3.8, 4) is 5.75 Å². The molecule has 0 fully saturated rings. The van der Waals surface area contributed by atoms with Gasteiger partial charge in [0.15, 0.2) is 0 Å². The van der Waals surface area contributed by atoms with Gasteiger partial charge in [-0.1, -0.05) is 116 Å². The van der Waals surface area contributed by atoms with Crippen molar-refractivity contribution in [2.45, 2.75) is 124 Å². The molecule has 0 N–H and O–H groups in total. The van der Waals surface area contributed by atoms with E-state index >= 15 is 0 Å². The Kier molecular flexibility index (Phi) is 17.7. The Morgan fingerprint density at radius 3 is 1.62 bits per heavy atom. The van der Waals surface area contributed by atoms with Gasteiger partial charge < -0.3 is 9.47 Å². The lowest BCUT2D eigenvalue weighted by molar-refractivity contribution is -0.154. The van der Waals surface area contributed by atoms with Crippen LogP contribution in [-0.2, 0) is 16.0 Å². The van der Waals surface area contributed by atoms with Gasteiger partial charge in [0.2, 0.25) is 6.79 Å². The van der Waals surface area contributed by atoms with Crippen LogP contribution in [-0.4, -0.2) is 12.8 Å². The smallest absolute Gasteiger partial charge is 0.311 e. The molecule has 0 saturated heterocycles. The number of aryl methyl sites for hydroxylation is 1. The summed E-state index contributed by atoms with van der Waals surface area (Å²) in [6, 6.07) is 15.6. The molecule has 0 amide bonds. The van der Waals surface area contributed by atoms with Gasteiger partial charge in [0, 0.05) is 0 Å². The lowest BCUT2D eigenvalue weighted by Gasteiger charge is -2.10. The molecule has 2 rings (SSSR count). The van der Waals surface area contributed by atoms with Gasteiger partial charge in [0.25, 0.3) is 0 Å². The fraction of sp³-hybridized carbons (Fsp3) is 0.618. The molecule has 0 aliphatic heterocycles. The van der Waals surface area contributed by atoms with Crippen molar-refractivity contribution in [2.75, 3.05) is 6.79 Å². The van der Waals surface area contributed by atoms with Gasteiger partial charge in [0.05, 0.1) is 17.3 Å². The number of esters is 1. The molecule has 0 bridgehead atoms. The van der Waals surface area contributed by atoms with E-state index in [4.69, 9.17) is 9.47 Å². The lowest BCUT2D eigenvalue weighted by Crippen LogP contribution is -2.17. The van der Waals surface area contributed by atoms with Gasteiger partial charge in [-0.2, -0.15) is 10.2 Å². The van der Waals surface area contributed by atoms with E-state index in [9.17, 15) is 4.79 Å². The Balaban J connectivity index is 1.53. The van der Waals surface area contributed by atoms with Gasteiger partial charge >= 0.3 is 5.97 Å². The molecule has 5 nitrogen and oxygen atoms in total. The topological polar surface area (TPSA) is 60.3 Å². The maximum atomic E-state index is 11.7. The number of ether oxygens (including phenoxy) is 2. The molecule has 2 aromatic rings. The van der Waals surface area contributed by atoms with Gasteiger partial charge in [-0.25, -0.2) is 0 Å². The summed E-state index contributed by atoms with van der Waals surface area (Å²) < 4.78 is 10.6. The number of carbonyl (C=O) groups excluding carboxylic acids is 1. The highest BCUT2D eigenvalue weighted by atomic mass is 16.7. The molecule has 39 heavy (non-hydrogen) atoms. The number of hydrogen-bond donors (Lipinski definition) is 0. The number of rotatable bonds is 22. The van der Waals surface area contributed by atoms with Crippen LogP contribution in [0.5, 0.6) is 5.75 Å². The number of nitrogens with zero attached hydrogens (tertiary/aromatic N) is 2. The maximum Gasteiger partial charge on any atom is 0.311 e. The molecular weight excluding hydrogens is 484 g/mol. The summed E-state index contributed by atoms with van der Waals surface area (Å²) in [5, 5.41) is 8.67. The normalized spacial score (nSPS) is 12.1. The quantitative estimate of drug-likeness (QED) is 0.0650. The van der Waals surface area contributed by atoms with Crippen molar-refractivity contribution >= 4 is 17.3 Å². The van der Waals surface area contributed by atoms with Crippen LogP contribution in [0.1, 0.15) is 123 Å². The summed E-state index contributed by atoms with van der Waals surface area (Å²) in [6.07, 6.45) is 21.4. The first kappa shape index (κ1) is 32.5. The second kappa shape index (κ2) is 21.2. The van der Waals surface area contributed by atoms with Crippen molar-refractivity contribution in [1.29, 1.82) is 0 Å². The van der Waals surface area contributed by atoms with Crippen molar-refractivity contribution in [2.24, 2.45) is 16.1 Å². The van der Waals surface area contributed by atoms with Crippen molar-refractivity contribution in [3.63, 3.8) is 0 Å². The van der Waals surface area contributed by atoms with Crippen LogP contribution in [0.3, 0.4) is 0 Å². The highest BCUT2D eigenvalue weighted by Crippen LogP contribution is 2.22. The molecule has 0 spiro atoms. The molecule has 1 atom stereocenters. The number of hydrogen-bond acceptors (Lipinski definition) is 5. The van der Waals surface area contributed by atoms with Crippen LogP contribution in [0.4, 0.5) is 11.4 Å². The Labute approximate surface area is 237 Å². The van der Waals surface area contributed by atoms with E-state index in [-0.39, 0.29) is 18.7 Å². The largest absolute Gasteiger partial charge is 0.457 e. The predicted molar refractivity (Wildman–Crippen MR) is 162 cm³/mol. The Hall–Kier alpha value is -2.69. The zero-order valence-electron chi connectivity index (χ0n) is 24.8. The van der Waals surface area contributed by atoms with E-state index in [2.05, 4.69) is 29.3 Å². The fourth-order valence-corrected chi connectivity index (χ4v) is 4.44. The summed E-state index contributed by atoms with van der Waals surface area (Å²) in [6.45, 7) is 5.99. The van der Waals surface area contributed by atoms with E-state index < -0.39 is 0 Å². The standard InChI is InChI=1S/C34H52N2O3/c1-4-6-7-8-9-10-11-12-13-14-15-16-17-18-19-30-20-22-31(23-21-30)35-36-32-24-26-33(27-25-32)38-28-39-34(37)29(3)5-2/h20-27,29H,4-19,28H2,1-3H3. The molecule has 0 aliphatic rings. The average Bonchev–Trinajstić information content (AvgIpc) is 2.97. The zero-order chi connectivity index (χ0) is 28.0. The molecule has 0 aliphatic carbocycles. The van der Waals surface area contributed by atoms with Crippen LogP contribution in [0.25, 0.3) is 0 Å². The van der Waals surface area contributed by atoms with Gasteiger partial charge in [0.1, 0.15) is 5.75 Å². The SMILES string of the molecule is CCCCCCCCCCCCCCCCc1ccc(N=Nc2ccc(OCOC(=O)C(C)CC)cc2)cc1. The molecule has 2 aromatic carbocycles. The van der Waals surface area contributed by atoms with Crippen LogP contribution < -0.4 is 4.74 Å². The summed E-state index contributed by atoms with van der Waals surface area (Å²) in [5.74, 6) is 0.266. The Morgan fingerprint density at radius 2 is 1.13 bits per heavy atom. The monoisotopic (exact) mass is 536 g/mol. The number of unbranched alkanes of at least 4 members (excludes halogenated alkanes) is 13. The Bertz CT molecular complexity index is 909. The van der Waals surface area contributed by atoms with Gasteiger partial charge in [-0.05, 0) is 61.2 Å². The molecule has 5 heteroatoms. The molecule has 0 aromatic heterocycles. The average molecular weight is 537 g/mol. The number of carbonyl (C=O) groups is 1. The lowest BCUT2D eigenvalue weighted by atomic mass is 10.0. The van der Waals surface area contributed by atoms with Crippen LogP contribution in [0.2, 0.25) is 0 Å². The molecule has 0 radical (unpaired) electrons. The zero-order valence-corrected chi connectivity index (χ0v) is 24.8.